The van der Waals surface area contributed by atoms with E-state index >= 15 is 0 Å². The SMILES string of the molecule is [CH3][BiH]1([CH3])[CH]2CCCC2CC2CCC[CH]21. The van der Waals surface area contributed by atoms with Gasteiger partial charge in [-0.1, -0.05) is 0 Å². The Hall–Kier alpha value is 0.883. The molecular formula is C13H25Bi. The van der Waals surface area contributed by atoms with Gasteiger partial charge in [0.1, 0.15) is 0 Å². The van der Waals surface area contributed by atoms with E-state index in [2.05, 4.69) is 9.26 Å². The second-order valence-electron chi connectivity index (χ2n) is 6.65. The van der Waals surface area contributed by atoms with Crippen LogP contribution in [0.5, 0.6) is 0 Å². The molecule has 3 aliphatic rings. The predicted molar refractivity (Wildman–Crippen MR) is 65.7 cm³/mol. The molecule has 3 fully saturated rings. The molecule has 2 aliphatic carbocycles. The number of fused-ring (bicyclic) bond motifs is 2. The first kappa shape index (κ1) is 10.1. The summed E-state index contributed by atoms with van der Waals surface area (Å²) in [4.78, 5) is 0. The third kappa shape index (κ3) is 1.34. The normalized spacial score (nSPS) is 52.4. The Labute approximate surface area is 93.2 Å². The molecule has 14 heavy (non-hydrogen) atoms. The van der Waals surface area contributed by atoms with Crippen molar-refractivity contribution in [3.05, 3.63) is 0 Å². The van der Waals surface area contributed by atoms with Crippen LogP contribution in [0.3, 0.4) is 0 Å². The Kier molecular flexibility index (Phi) is 2.47. The zero-order valence-corrected chi connectivity index (χ0v) is 13.6. The summed E-state index contributed by atoms with van der Waals surface area (Å²) in [5, 5.41) is 0. The first-order valence-corrected chi connectivity index (χ1v) is 19.0. The van der Waals surface area contributed by atoms with Crippen molar-refractivity contribution < 1.29 is 0 Å². The van der Waals surface area contributed by atoms with E-state index < -0.39 is 20.3 Å². The van der Waals surface area contributed by atoms with E-state index in [1.165, 1.54) is 19.1 Å². The minimum absolute atomic E-state index is 1.21. The van der Waals surface area contributed by atoms with E-state index in [-0.39, 0.29) is 0 Å². The summed E-state index contributed by atoms with van der Waals surface area (Å²) in [6.07, 6.45) is 11.3. The van der Waals surface area contributed by atoms with E-state index in [1.54, 1.807) is 44.9 Å². The van der Waals surface area contributed by atoms with E-state index in [0.717, 1.165) is 0 Å². The zero-order valence-electron chi connectivity index (χ0n) is 9.76. The fourth-order valence-corrected chi connectivity index (χ4v) is 26.6. The maximum atomic E-state index is 2.80. The molecule has 0 amide bonds. The minimum atomic E-state index is -1.77. The number of hydrogen-bond donors (Lipinski definition) is 0. The van der Waals surface area contributed by atoms with Crippen LogP contribution < -0.4 is 0 Å². The topological polar surface area (TPSA) is 0 Å². The molecule has 0 aromatic heterocycles. The van der Waals surface area contributed by atoms with Crippen molar-refractivity contribution in [1.82, 2.24) is 0 Å². The van der Waals surface area contributed by atoms with Crippen LogP contribution in [0.25, 0.3) is 0 Å². The van der Waals surface area contributed by atoms with Gasteiger partial charge in [-0.05, 0) is 0 Å². The second kappa shape index (κ2) is 3.44. The number of hydrogen-bond acceptors (Lipinski definition) is 0. The quantitative estimate of drug-likeness (QED) is 0.545. The average molecular weight is 390 g/mol. The molecule has 0 aromatic rings. The standard InChI is InChI=1S/C11H18.2CH3.Bi.H/c1-2-6-10(5-1)9-11-7-3-4-8-11;;;;/h5,7,10-11H,1-4,6,8-9H2;2*1H3;;. The molecule has 0 N–H and O–H groups in total. The Balaban J connectivity index is 1.90. The summed E-state index contributed by atoms with van der Waals surface area (Å²) >= 11 is -1.77. The molecule has 3 rings (SSSR count). The van der Waals surface area contributed by atoms with Crippen molar-refractivity contribution in [2.75, 3.05) is 0 Å². The number of rotatable bonds is 0. The Morgan fingerprint density at radius 1 is 0.786 bits per heavy atom. The summed E-state index contributed by atoms with van der Waals surface area (Å²) in [5.74, 6) is 2.43. The van der Waals surface area contributed by atoms with E-state index in [1.807, 2.05) is 0 Å². The van der Waals surface area contributed by atoms with Gasteiger partial charge in [0.25, 0.3) is 0 Å². The summed E-state index contributed by atoms with van der Waals surface area (Å²) < 4.78 is 8.22. The maximum absolute atomic E-state index is 2.80. The van der Waals surface area contributed by atoms with Crippen LogP contribution >= 0.6 is 0 Å². The molecule has 82 valence electrons. The van der Waals surface area contributed by atoms with Gasteiger partial charge in [0.2, 0.25) is 0 Å². The van der Waals surface area contributed by atoms with E-state index in [0.29, 0.717) is 0 Å². The molecule has 4 atom stereocenters. The van der Waals surface area contributed by atoms with Crippen LogP contribution in [0.1, 0.15) is 44.9 Å². The van der Waals surface area contributed by atoms with Crippen LogP contribution in [0, 0.1) is 11.8 Å². The van der Waals surface area contributed by atoms with Gasteiger partial charge >= 0.3 is 93.6 Å². The molecule has 4 unspecified atom stereocenters. The average Bonchev–Trinajstić information content (AvgIpc) is 2.71. The van der Waals surface area contributed by atoms with Gasteiger partial charge < -0.3 is 0 Å². The van der Waals surface area contributed by atoms with Crippen LogP contribution in [0.15, 0.2) is 0 Å². The second-order valence-corrected chi connectivity index (χ2v) is 26.6. The van der Waals surface area contributed by atoms with Gasteiger partial charge in [0.05, 0.1) is 0 Å². The molecule has 0 nitrogen and oxygen atoms in total. The molecule has 1 aliphatic heterocycles. The molecule has 0 radical (unpaired) electrons. The van der Waals surface area contributed by atoms with Gasteiger partial charge in [-0.15, -0.1) is 0 Å². The van der Waals surface area contributed by atoms with Crippen molar-refractivity contribution in [3.63, 3.8) is 0 Å². The van der Waals surface area contributed by atoms with Crippen LogP contribution in [-0.4, -0.2) is 20.3 Å². The van der Waals surface area contributed by atoms with Gasteiger partial charge in [0, 0.05) is 0 Å². The molecule has 1 heteroatoms. The van der Waals surface area contributed by atoms with Crippen molar-refractivity contribution in [3.8, 4) is 0 Å². The summed E-state index contributed by atoms with van der Waals surface area (Å²) in [5.41, 5.74) is 0. The van der Waals surface area contributed by atoms with E-state index in [4.69, 9.17) is 0 Å². The first-order valence-electron chi connectivity index (χ1n) is 6.69. The molecule has 1 heterocycles. The monoisotopic (exact) mass is 390 g/mol. The molecule has 0 bridgehead atoms. The third-order valence-corrected chi connectivity index (χ3v) is 26.6. The molecule has 0 aromatic carbocycles. The molecule has 0 spiro atoms. The Morgan fingerprint density at radius 2 is 1.29 bits per heavy atom. The Morgan fingerprint density at radius 3 is 1.79 bits per heavy atom. The zero-order chi connectivity index (χ0) is 9.76. The molecule has 1 saturated heterocycles. The van der Waals surface area contributed by atoms with E-state index in [9.17, 15) is 0 Å². The van der Waals surface area contributed by atoms with Gasteiger partial charge in [0.15, 0.2) is 0 Å². The molecule has 2 saturated carbocycles. The van der Waals surface area contributed by atoms with Crippen LogP contribution in [0.2, 0.25) is 16.5 Å². The van der Waals surface area contributed by atoms with Gasteiger partial charge in [-0.2, -0.15) is 0 Å². The summed E-state index contributed by atoms with van der Waals surface area (Å²) in [6, 6.07) is 0. The van der Waals surface area contributed by atoms with Crippen molar-refractivity contribution >= 4 is 20.3 Å². The summed E-state index contributed by atoms with van der Waals surface area (Å²) in [6.45, 7) is 0. The summed E-state index contributed by atoms with van der Waals surface area (Å²) in [7, 11) is 0. The third-order valence-electron chi connectivity index (χ3n) is 5.83. The van der Waals surface area contributed by atoms with Crippen molar-refractivity contribution in [2.45, 2.75) is 61.5 Å². The van der Waals surface area contributed by atoms with Gasteiger partial charge in [-0.25, -0.2) is 0 Å². The van der Waals surface area contributed by atoms with Crippen molar-refractivity contribution in [1.29, 1.82) is 0 Å². The fourth-order valence-electron chi connectivity index (χ4n) is 5.26. The first-order chi connectivity index (χ1) is 6.69. The van der Waals surface area contributed by atoms with Crippen molar-refractivity contribution in [2.24, 2.45) is 11.8 Å². The fraction of sp³-hybridized carbons (Fsp3) is 1.00. The predicted octanol–water partition coefficient (Wildman–Crippen LogP) is 4.17. The Bertz CT molecular complexity index is 211. The molecular weight excluding hydrogens is 365 g/mol. The van der Waals surface area contributed by atoms with Gasteiger partial charge in [-0.3, -0.25) is 0 Å². The van der Waals surface area contributed by atoms with Crippen LogP contribution in [0.4, 0.5) is 0 Å². The van der Waals surface area contributed by atoms with Crippen LogP contribution in [-0.2, 0) is 0 Å².